The van der Waals surface area contributed by atoms with Gasteiger partial charge in [-0.1, -0.05) is 13.3 Å². The number of amides is 1. The van der Waals surface area contributed by atoms with Crippen LogP contribution in [0, 0.1) is 5.41 Å². The number of hydrogen-bond acceptors (Lipinski definition) is 3. The van der Waals surface area contributed by atoms with Crippen molar-refractivity contribution in [3.63, 3.8) is 0 Å². The fourth-order valence-electron chi connectivity index (χ4n) is 2.33. The van der Waals surface area contributed by atoms with Crippen LogP contribution in [0.2, 0.25) is 0 Å². The highest BCUT2D eigenvalue weighted by Gasteiger charge is 2.61. The molecule has 1 aliphatic rings. The minimum absolute atomic E-state index is 0.204. The number of hydrogen-bond donors (Lipinski definition) is 2. The molecule has 0 saturated carbocycles. The van der Waals surface area contributed by atoms with Gasteiger partial charge >= 0.3 is 6.18 Å². The summed E-state index contributed by atoms with van der Waals surface area (Å²) in [5.74, 6) is -0.944. The van der Waals surface area contributed by atoms with Gasteiger partial charge in [-0.2, -0.15) is 13.2 Å². The summed E-state index contributed by atoms with van der Waals surface area (Å²) in [6, 6.07) is -0.373. The number of alkyl halides is 3. The Kier molecular flexibility index (Phi) is 5.61. The van der Waals surface area contributed by atoms with E-state index in [9.17, 15) is 18.0 Å². The number of halogens is 3. The maximum absolute atomic E-state index is 13.2. The zero-order chi connectivity index (χ0) is 14.5. The predicted molar refractivity (Wildman–Crippen MR) is 64.7 cm³/mol. The van der Waals surface area contributed by atoms with E-state index in [1.54, 1.807) is 0 Å². The molecule has 4 nitrogen and oxygen atoms in total. The van der Waals surface area contributed by atoms with Crippen molar-refractivity contribution in [3.05, 3.63) is 0 Å². The van der Waals surface area contributed by atoms with Crippen molar-refractivity contribution >= 4 is 5.91 Å². The van der Waals surface area contributed by atoms with Crippen LogP contribution >= 0.6 is 0 Å². The van der Waals surface area contributed by atoms with Crippen molar-refractivity contribution in [1.82, 2.24) is 10.6 Å². The molecule has 7 heteroatoms. The molecule has 0 aliphatic carbocycles. The summed E-state index contributed by atoms with van der Waals surface area (Å²) >= 11 is 0. The second kappa shape index (κ2) is 6.56. The Hall–Kier alpha value is -0.820. The topological polar surface area (TPSA) is 50.4 Å². The van der Waals surface area contributed by atoms with Gasteiger partial charge < -0.3 is 15.4 Å². The predicted octanol–water partition coefficient (Wildman–Crippen LogP) is 1.46. The van der Waals surface area contributed by atoms with Crippen molar-refractivity contribution in [2.24, 2.45) is 5.41 Å². The summed E-state index contributed by atoms with van der Waals surface area (Å²) in [5, 5.41) is 5.11. The highest BCUT2D eigenvalue weighted by molar-refractivity contribution is 5.84. The third-order valence-electron chi connectivity index (χ3n) is 3.47. The van der Waals surface area contributed by atoms with E-state index in [0.717, 1.165) is 6.42 Å². The highest BCUT2D eigenvalue weighted by atomic mass is 19.4. The Morgan fingerprint density at radius 1 is 1.53 bits per heavy atom. The Labute approximate surface area is 111 Å². The Morgan fingerprint density at radius 2 is 2.21 bits per heavy atom. The van der Waals surface area contributed by atoms with Crippen LogP contribution in [-0.4, -0.2) is 44.9 Å². The molecule has 0 spiro atoms. The minimum atomic E-state index is -4.54. The number of methoxy groups -OCH3 is 1. The average Bonchev–Trinajstić information content (AvgIpc) is 2.79. The average molecular weight is 282 g/mol. The van der Waals surface area contributed by atoms with Crippen LogP contribution in [0.5, 0.6) is 0 Å². The number of rotatable bonds is 6. The van der Waals surface area contributed by atoms with Crippen molar-refractivity contribution in [1.29, 1.82) is 0 Å². The second-order valence-corrected chi connectivity index (χ2v) is 4.92. The molecule has 0 aromatic rings. The van der Waals surface area contributed by atoms with E-state index in [-0.39, 0.29) is 32.2 Å². The zero-order valence-electron chi connectivity index (χ0n) is 11.3. The molecular weight excluding hydrogens is 261 g/mol. The largest absolute Gasteiger partial charge is 0.404 e. The van der Waals surface area contributed by atoms with Crippen LogP contribution in [0.15, 0.2) is 0 Å². The van der Waals surface area contributed by atoms with E-state index in [1.807, 2.05) is 6.92 Å². The summed E-state index contributed by atoms with van der Waals surface area (Å²) in [4.78, 5) is 12.0. The number of carbonyl (C=O) groups excluding carboxylic acids is 1. The first-order valence-corrected chi connectivity index (χ1v) is 6.44. The number of carbonyl (C=O) groups is 1. The molecule has 2 N–H and O–H groups in total. The summed E-state index contributed by atoms with van der Waals surface area (Å²) in [6.07, 6.45) is -3.38. The molecule has 1 aliphatic heterocycles. The smallest absolute Gasteiger partial charge is 0.383 e. The fraction of sp³-hybridized carbons (Fsp3) is 0.917. The SMILES string of the molecule is CCCC(COC)NC(=O)C1(C(F)(F)F)CCNC1. The molecule has 1 saturated heterocycles. The first-order valence-electron chi connectivity index (χ1n) is 6.44. The van der Waals surface area contributed by atoms with Crippen molar-refractivity contribution in [2.45, 2.75) is 38.4 Å². The lowest BCUT2D eigenvalue weighted by atomic mass is 9.85. The lowest BCUT2D eigenvalue weighted by molar-refractivity contribution is -0.216. The molecule has 0 bridgehead atoms. The zero-order valence-corrected chi connectivity index (χ0v) is 11.3. The van der Waals surface area contributed by atoms with Gasteiger partial charge in [-0.25, -0.2) is 0 Å². The van der Waals surface area contributed by atoms with E-state index in [0.29, 0.717) is 6.42 Å². The van der Waals surface area contributed by atoms with Gasteiger partial charge in [-0.3, -0.25) is 4.79 Å². The maximum Gasteiger partial charge on any atom is 0.404 e. The van der Waals surface area contributed by atoms with Crippen molar-refractivity contribution < 1.29 is 22.7 Å². The van der Waals surface area contributed by atoms with E-state index >= 15 is 0 Å². The molecule has 1 fully saturated rings. The van der Waals surface area contributed by atoms with Crippen LogP contribution in [0.4, 0.5) is 13.2 Å². The van der Waals surface area contributed by atoms with Gasteiger partial charge in [0.15, 0.2) is 5.41 Å². The number of ether oxygens (including phenoxy) is 1. The molecular formula is C12H21F3N2O2. The van der Waals surface area contributed by atoms with E-state index < -0.39 is 17.5 Å². The molecule has 0 aromatic heterocycles. The first kappa shape index (κ1) is 16.2. The van der Waals surface area contributed by atoms with Gasteiger partial charge in [0.25, 0.3) is 0 Å². The maximum atomic E-state index is 13.2. The third-order valence-corrected chi connectivity index (χ3v) is 3.47. The first-order chi connectivity index (χ1) is 8.87. The van der Waals surface area contributed by atoms with Crippen molar-refractivity contribution in [2.75, 3.05) is 26.8 Å². The fourth-order valence-corrected chi connectivity index (χ4v) is 2.33. The number of nitrogens with one attached hydrogen (secondary N) is 2. The summed E-state index contributed by atoms with van der Waals surface area (Å²) in [5.41, 5.74) is -2.30. The van der Waals surface area contributed by atoms with E-state index in [2.05, 4.69) is 10.6 Å². The van der Waals surface area contributed by atoms with Crippen molar-refractivity contribution in [3.8, 4) is 0 Å². The van der Waals surface area contributed by atoms with Gasteiger partial charge in [0, 0.05) is 13.7 Å². The van der Waals surface area contributed by atoms with Crippen LogP contribution in [0.3, 0.4) is 0 Å². The van der Waals surface area contributed by atoms with E-state index in [1.165, 1.54) is 7.11 Å². The van der Waals surface area contributed by atoms with Crippen LogP contribution in [-0.2, 0) is 9.53 Å². The van der Waals surface area contributed by atoms with Gasteiger partial charge in [0.05, 0.1) is 12.6 Å². The molecule has 0 aromatic carbocycles. The van der Waals surface area contributed by atoms with Crippen LogP contribution < -0.4 is 10.6 Å². The molecule has 0 radical (unpaired) electrons. The van der Waals surface area contributed by atoms with Gasteiger partial charge in [-0.05, 0) is 19.4 Å². The quantitative estimate of drug-likeness (QED) is 0.775. The van der Waals surface area contributed by atoms with Gasteiger partial charge in [0.2, 0.25) is 5.91 Å². The monoisotopic (exact) mass is 282 g/mol. The Morgan fingerprint density at radius 3 is 2.63 bits per heavy atom. The van der Waals surface area contributed by atoms with Gasteiger partial charge in [0.1, 0.15) is 0 Å². The van der Waals surface area contributed by atoms with E-state index in [4.69, 9.17) is 4.74 Å². The van der Waals surface area contributed by atoms with Gasteiger partial charge in [-0.15, -0.1) is 0 Å². The molecule has 19 heavy (non-hydrogen) atoms. The summed E-state index contributed by atoms with van der Waals surface area (Å²) in [6.45, 7) is 1.98. The molecule has 1 amide bonds. The Bertz CT molecular complexity index is 296. The molecule has 112 valence electrons. The highest BCUT2D eigenvalue weighted by Crippen LogP contribution is 2.43. The minimum Gasteiger partial charge on any atom is -0.383 e. The van der Waals surface area contributed by atoms with Crippen LogP contribution in [0.25, 0.3) is 0 Å². The van der Waals surface area contributed by atoms with Crippen LogP contribution in [0.1, 0.15) is 26.2 Å². The molecule has 1 rings (SSSR count). The summed E-state index contributed by atoms with van der Waals surface area (Å²) in [7, 11) is 1.46. The standard InChI is InChI=1S/C12H21F3N2O2/c1-3-4-9(7-19-2)17-10(18)11(12(13,14)15)5-6-16-8-11/h9,16H,3-8H2,1-2H3,(H,17,18). The second-order valence-electron chi connectivity index (χ2n) is 4.92. The molecule has 2 atom stereocenters. The lowest BCUT2D eigenvalue weighted by Gasteiger charge is -2.31. The normalized spacial score (nSPS) is 25.3. The summed E-state index contributed by atoms with van der Waals surface area (Å²) < 4.78 is 44.4. The molecule has 1 heterocycles. The Balaban J connectivity index is 2.77. The third kappa shape index (κ3) is 3.60. The lowest BCUT2D eigenvalue weighted by Crippen LogP contribution is -2.55. The molecule has 2 unspecified atom stereocenters.